The summed E-state index contributed by atoms with van der Waals surface area (Å²) in [4.78, 5) is 15.3. The Kier molecular flexibility index (Phi) is 5.20. The van der Waals surface area contributed by atoms with Crippen LogP contribution in [0.5, 0.6) is 0 Å². The summed E-state index contributed by atoms with van der Waals surface area (Å²) in [5, 5.41) is 5.35. The molecule has 1 amide bonds. The van der Waals surface area contributed by atoms with Crippen LogP contribution in [0.2, 0.25) is 0 Å². The predicted octanol–water partition coefficient (Wildman–Crippen LogP) is 2.60. The molecule has 0 unspecified atom stereocenters. The third-order valence-corrected chi connectivity index (χ3v) is 4.31. The third kappa shape index (κ3) is 3.56. The van der Waals surface area contributed by atoms with Gasteiger partial charge >= 0.3 is 0 Å². The largest absolute Gasteiger partial charge is 0.338 e. The molecule has 0 aliphatic carbocycles. The summed E-state index contributed by atoms with van der Waals surface area (Å²) in [7, 11) is 0. The zero-order chi connectivity index (χ0) is 12.8. The average Bonchev–Trinajstić information content (AvgIpc) is 2.92. The van der Waals surface area contributed by atoms with Crippen LogP contribution in [0.3, 0.4) is 0 Å². The molecule has 1 aliphatic heterocycles. The fraction of sp³-hybridized carbons (Fsp3) is 0.643. The highest BCUT2D eigenvalue weighted by atomic mass is 32.1. The first-order chi connectivity index (χ1) is 8.81. The van der Waals surface area contributed by atoms with Gasteiger partial charge < -0.3 is 10.2 Å². The highest BCUT2D eigenvalue weighted by molar-refractivity contribution is 7.12. The summed E-state index contributed by atoms with van der Waals surface area (Å²) in [5.74, 6) is 0.882. The molecule has 0 atom stereocenters. The highest BCUT2D eigenvalue weighted by Gasteiger charge is 2.21. The van der Waals surface area contributed by atoms with Crippen LogP contribution in [0.1, 0.15) is 35.9 Å². The molecule has 0 aromatic carbocycles. The molecule has 1 aliphatic rings. The fourth-order valence-corrected chi connectivity index (χ4v) is 3.17. The second-order valence-corrected chi connectivity index (χ2v) is 5.87. The normalized spacial score (nSPS) is 16.7. The Morgan fingerprint density at radius 2 is 2.28 bits per heavy atom. The molecular formula is C14H22N2OS. The van der Waals surface area contributed by atoms with Gasteiger partial charge in [-0.1, -0.05) is 13.0 Å². The molecule has 2 rings (SSSR count). The Bertz CT molecular complexity index is 358. The van der Waals surface area contributed by atoms with Crippen LogP contribution in [-0.4, -0.2) is 37.0 Å². The summed E-state index contributed by atoms with van der Waals surface area (Å²) in [6, 6.07) is 3.88. The van der Waals surface area contributed by atoms with Gasteiger partial charge in [0.05, 0.1) is 4.88 Å². The van der Waals surface area contributed by atoms with Crippen molar-refractivity contribution in [3.05, 3.63) is 22.4 Å². The van der Waals surface area contributed by atoms with Crippen molar-refractivity contribution in [2.24, 2.45) is 5.92 Å². The van der Waals surface area contributed by atoms with Gasteiger partial charge in [-0.15, -0.1) is 11.3 Å². The summed E-state index contributed by atoms with van der Waals surface area (Å²) in [6.45, 7) is 6.12. The van der Waals surface area contributed by atoms with Crippen LogP contribution < -0.4 is 5.32 Å². The molecule has 1 fully saturated rings. The van der Waals surface area contributed by atoms with E-state index in [1.807, 2.05) is 22.4 Å². The van der Waals surface area contributed by atoms with Crippen molar-refractivity contribution in [3.63, 3.8) is 0 Å². The summed E-state index contributed by atoms with van der Waals surface area (Å²) >= 11 is 1.54. The van der Waals surface area contributed by atoms with Crippen molar-refractivity contribution in [2.45, 2.75) is 26.2 Å². The van der Waals surface area contributed by atoms with Gasteiger partial charge in [-0.3, -0.25) is 4.79 Å². The first kappa shape index (κ1) is 13.6. The lowest BCUT2D eigenvalue weighted by atomic mass is 9.97. The molecule has 1 aromatic heterocycles. The highest BCUT2D eigenvalue weighted by Crippen LogP contribution is 2.17. The zero-order valence-electron chi connectivity index (χ0n) is 11.0. The number of rotatable bonds is 5. The van der Waals surface area contributed by atoms with Crippen molar-refractivity contribution < 1.29 is 4.79 Å². The molecule has 1 saturated heterocycles. The minimum Gasteiger partial charge on any atom is -0.338 e. The molecule has 2 heterocycles. The van der Waals surface area contributed by atoms with Gasteiger partial charge in [0.2, 0.25) is 0 Å². The summed E-state index contributed by atoms with van der Waals surface area (Å²) in [5.41, 5.74) is 0. The van der Waals surface area contributed by atoms with Crippen molar-refractivity contribution in [2.75, 3.05) is 26.2 Å². The molecule has 0 radical (unpaired) electrons. The van der Waals surface area contributed by atoms with Gasteiger partial charge in [0, 0.05) is 13.1 Å². The molecule has 0 bridgehead atoms. The quantitative estimate of drug-likeness (QED) is 0.888. The van der Waals surface area contributed by atoms with Gasteiger partial charge in [-0.05, 0) is 49.7 Å². The second-order valence-electron chi connectivity index (χ2n) is 4.92. The molecule has 1 aromatic rings. The molecule has 0 saturated carbocycles. The Morgan fingerprint density at radius 1 is 1.50 bits per heavy atom. The monoisotopic (exact) mass is 266 g/mol. The second kappa shape index (κ2) is 6.90. The lowest BCUT2D eigenvalue weighted by molar-refractivity contribution is 0.0721. The van der Waals surface area contributed by atoms with Crippen molar-refractivity contribution in [1.29, 1.82) is 0 Å². The number of hydrogen-bond acceptors (Lipinski definition) is 3. The number of thiophene rings is 1. The molecule has 4 heteroatoms. The third-order valence-electron chi connectivity index (χ3n) is 3.45. The lowest BCUT2D eigenvalue weighted by Crippen LogP contribution is -2.39. The maximum absolute atomic E-state index is 12.4. The topological polar surface area (TPSA) is 32.3 Å². The van der Waals surface area contributed by atoms with E-state index in [2.05, 4.69) is 12.2 Å². The number of carbonyl (C=O) groups is 1. The number of carbonyl (C=O) groups excluding carboxylic acids is 1. The van der Waals surface area contributed by atoms with E-state index in [1.165, 1.54) is 12.8 Å². The number of nitrogens with zero attached hydrogens (tertiary/aromatic N) is 1. The average molecular weight is 266 g/mol. The van der Waals surface area contributed by atoms with Gasteiger partial charge in [0.1, 0.15) is 0 Å². The first-order valence-electron chi connectivity index (χ1n) is 6.84. The Balaban J connectivity index is 1.96. The van der Waals surface area contributed by atoms with Crippen LogP contribution >= 0.6 is 11.3 Å². The van der Waals surface area contributed by atoms with E-state index in [1.54, 1.807) is 11.3 Å². The van der Waals surface area contributed by atoms with E-state index in [4.69, 9.17) is 0 Å². The van der Waals surface area contributed by atoms with Crippen molar-refractivity contribution >= 4 is 17.2 Å². The van der Waals surface area contributed by atoms with Gasteiger partial charge in [0.25, 0.3) is 5.91 Å². The molecule has 18 heavy (non-hydrogen) atoms. The number of hydrogen-bond donors (Lipinski definition) is 1. The standard InChI is InChI=1S/C14H22N2OS/c1-2-9-16(11-12-5-7-15-8-6-12)14(17)13-4-3-10-18-13/h3-4,10,12,15H,2,5-9,11H2,1H3. The number of amides is 1. The summed E-state index contributed by atoms with van der Waals surface area (Å²) < 4.78 is 0. The summed E-state index contributed by atoms with van der Waals surface area (Å²) in [6.07, 6.45) is 3.41. The maximum Gasteiger partial charge on any atom is 0.263 e. The van der Waals surface area contributed by atoms with E-state index < -0.39 is 0 Å². The molecule has 0 spiro atoms. The van der Waals surface area contributed by atoms with E-state index in [0.29, 0.717) is 5.92 Å². The van der Waals surface area contributed by atoms with Crippen molar-refractivity contribution in [3.8, 4) is 0 Å². The smallest absolute Gasteiger partial charge is 0.263 e. The fourth-order valence-electron chi connectivity index (χ4n) is 2.48. The van der Waals surface area contributed by atoms with E-state index >= 15 is 0 Å². The number of piperidine rings is 1. The van der Waals surface area contributed by atoms with Gasteiger partial charge in [0.15, 0.2) is 0 Å². The minimum absolute atomic E-state index is 0.213. The number of nitrogens with one attached hydrogen (secondary N) is 1. The molecular weight excluding hydrogens is 244 g/mol. The van der Waals surface area contributed by atoms with E-state index in [9.17, 15) is 4.79 Å². The van der Waals surface area contributed by atoms with Crippen LogP contribution in [0.25, 0.3) is 0 Å². The maximum atomic E-state index is 12.4. The predicted molar refractivity (Wildman–Crippen MR) is 76.1 cm³/mol. The molecule has 1 N–H and O–H groups in total. The Hall–Kier alpha value is -0.870. The van der Waals surface area contributed by atoms with Gasteiger partial charge in [-0.25, -0.2) is 0 Å². The van der Waals surface area contributed by atoms with E-state index in [0.717, 1.165) is 37.5 Å². The van der Waals surface area contributed by atoms with Crippen LogP contribution in [-0.2, 0) is 0 Å². The molecule has 3 nitrogen and oxygen atoms in total. The van der Waals surface area contributed by atoms with E-state index in [-0.39, 0.29) is 5.91 Å². The lowest BCUT2D eigenvalue weighted by Gasteiger charge is -2.29. The Labute approximate surface area is 113 Å². The molecule has 100 valence electrons. The zero-order valence-corrected chi connectivity index (χ0v) is 11.8. The van der Waals surface area contributed by atoms with Gasteiger partial charge in [-0.2, -0.15) is 0 Å². The van der Waals surface area contributed by atoms with Crippen LogP contribution in [0, 0.1) is 5.92 Å². The SMILES string of the molecule is CCCN(CC1CCNCC1)C(=O)c1cccs1. The minimum atomic E-state index is 0.213. The Morgan fingerprint density at radius 3 is 2.89 bits per heavy atom. The van der Waals surface area contributed by atoms with Crippen molar-refractivity contribution in [1.82, 2.24) is 10.2 Å². The van der Waals surface area contributed by atoms with Crippen LogP contribution in [0.15, 0.2) is 17.5 Å². The van der Waals surface area contributed by atoms with Crippen LogP contribution in [0.4, 0.5) is 0 Å². The first-order valence-corrected chi connectivity index (χ1v) is 7.72.